The lowest BCUT2D eigenvalue weighted by molar-refractivity contribution is -0.139. The van der Waals surface area contributed by atoms with E-state index in [2.05, 4.69) is 52.5 Å². The van der Waals surface area contributed by atoms with E-state index in [1.807, 2.05) is 6.07 Å². The highest BCUT2D eigenvalue weighted by Gasteiger charge is 2.20. The third-order valence-corrected chi connectivity index (χ3v) is 5.68. The molecule has 174 valence electrons. The Kier molecular flexibility index (Phi) is 10.3. The molecule has 2 aromatic carbocycles. The van der Waals surface area contributed by atoms with E-state index in [4.69, 9.17) is 27.5 Å². The molecule has 0 saturated heterocycles. The molecule has 5 nitrogen and oxygen atoms in total. The molecular formula is C27H31ClN2O3. The maximum atomic E-state index is 11.6. The minimum atomic E-state index is -0.377. The van der Waals surface area contributed by atoms with Crippen LogP contribution in [0, 0.1) is 12.3 Å². The molecule has 0 unspecified atom stereocenters. The Morgan fingerprint density at radius 1 is 1.12 bits per heavy atom. The molecule has 0 atom stereocenters. The molecule has 6 heteroatoms. The highest BCUT2D eigenvalue weighted by atomic mass is 35.5. The van der Waals surface area contributed by atoms with Crippen LogP contribution in [0.3, 0.4) is 0 Å². The zero-order valence-corrected chi connectivity index (χ0v) is 19.7. The number of fused-ring (bicyclic) bond motifs is 2. The van der Waals surface area contributed by atoms with Gasteiger partial charge in [-0.25, -0.2) is 4.79 Å². The Morgan fingerprint density at radius 3 is 2.79 bits per heavy atom. The molecule has 1 heterocycles. The number of benzene rings is 2. The number of carbonyl (C=O) groups is 1. The fraction of sp³-hybridized carbons (Fsp3) is 0.370. The second-order valence-electron chi connectivity index (χ2n) is 7.79. The normalized spacial score (nSPS) is 12.7. The Balaban J connectivity index is 1.41. The number of hydrogen-bond acceptors (Lipinski definition) is 5. The molecule has 0 fully saturated rings. The van der Waals surface area contributed by atoms with E-state index in [0.717, 1.165) is 43.8 Å². The van der Waals surface area contributed by atoms with Crippen molar-refractivity contribution in [2.24, 2.45) is 0 Å². The quantitative estimate of drug-likeness (QED) is 0.213. The van der Waals surface area contributed by atoms with Crippen LogP contribution in [0.4, 0.5) is 11.4 Å². The first-order valence-electron chi connectivity index (χ1n) is 11.4. The van der Waals surface area contributed by atoms with Gasteiger partial charge in [0.05, 0.1) is 6.61 Å². The number of terminal acetylenes is 1. The number of para-hydroxylation sites is 1. The summed E-state index contributed by atoms with van der Waals surface area (Å²) in [6.45, 7) is 3.15. The van der Waals surface area contributed by atoms with Crippen LogP contribution >= 0.6 is 11.6 Å². The third kappa shape index (κ3) is 7.94. The Bertz CT molecular complexity index is 984. The summed E-state index contributed by atoms with van der Waals surface area (Å²) in [5.74, 6) is 1.98. The number of ether oxygens (including phenoxy) is 2. The highest BCUT2D eigenvalue weighted by molar-refractivity contribution is 6.30. The molecular weight excluding hydrogens is 436 g/mol. The molecule has 0 spiro atoms. The van der Waals surface area contributed by atoms with Gasteiger partial charge < -0.3 is 19.7 Å². The van der Waals surface area contributed by atoms with Crippen molar-refractivity contribution in [3.63, 3.8) is 0 Å². The standard InChI is InChI=1S/C27H31ClN2O3/c1-2-18-32-19-20-33-27(31)10-7-16-29-15-5-6-17-30-25-9-4-3-8-22(25)11-12-23-13-14-24(28)21-26(23)30/h1,3-4,7-10,13-14,21,29H,5-6,11-12,15-20H2/b10-7+. The van der Waals surface area contributed by atoms with E-state index in [0.29, 0.717) is 13.2 Å². The predicted octanol–water partition coefficient (Wildman–Crippen LogP) is 4.70. The molecule has 0 aliphatic carbocycles. The van der Waals surface area contributed by atoms with Crippen LogP contribution in [0.5, 0.6) is 0 Å². The number of esters is 1. The van der Waals surface area contributed by atoms with Gasteiger partial charge in [-0.3, -0.25) is 0 Å². The lowest BCUT2D eigenvalue weighted by Crippen LogP contribution is -2.22. The van der Waals surface area contributed by atoms with Crippen LogP contribution in [-0.2, 0) is 27.1 Å². The fourth-order valence-corrected chi connectivity index (χ4v) is 4.03. The lowest BCUT2D eigenvalue weighted by atomic mass is 10.0. The van der Waals surface area contributed by atoms with Crippen molar-refractivity contribution in [3.8, 4) is 12.3 Å². The number of hydrogen-bond donors (Lipinski definition) is 1. The maximum absolute atomic E-state index is 11.6. The first-order valence-corrected chi connectivity index (χ1v) is 11.8. The summed E-state index contributed by atoms with van der Waals surface area (Å²) in [5, 5.41) is 4.11. The van der Waals surface area contributed by atoms with Gasteiger partial charge >= 0.3 is 5.97 Å². The summed E-state index contributed by atoms with van der Waals surface area (Å²) in [6.07, 6.45) is 12.4. The van der Waals surface area contributed by atoms with Gasteiger partial charge in [-0.1, -0.05) is 47.9 Å². The zero-order chi connectivity index (χ0) is 23.3. The average Bonchev–Trinajstić information content (AvgIpc) is 2.97. The number of nitrogens with zero attached hydrogens (tertiary/aromatic N) is 1. The number of anilines is 2. The minimum Gasteiger partial charge on any atom is -0.460 e. The van der Waals surface area contributed by atoms with Crippen molar-refractivity contribution in [3.05, 3.63) is 70.8 Å². The summed E-state index contributed by atoms with van der Waals surface area (Å²) in [6, 6.07) is 14.9. The number of aryl methyl sites for hydroxylation is 2. The molecule has 2 aromatic rings. The minimum absolute atomic E-state index is 0.201. The molecule has 3 rings (SSSR count). The second-order valence-corrected chi connectivity index (χ2v) is 8.23. The molecule has 1 aliphatic rings. The Morgan fingerprint density at radius 2 is 1.94 bits per heavy atom. The topological polar surface area (TPSA) is 50.8 Å². The van der Waals surface area contributed by atoms with Gasteiger partial charge in [0, 0.05) is 35.6 Å². The smallest absolute Gasteiger partial charge is 0.330 e. The number of nitrogens with one attached hydrogen (secondary N) is 1. The van der Waals surface area contributed by atoms with Crippen molar-refractivity contribution in [2.75, 3.05) is 44.4 Å². The summed E-state index contributed by atoms with van der Waals surface area (Å²) >= 11 is 6.34. The van der Waals surface area contributed by atoms with E-state index in [-0.39, 0.29) is 19.2 Å². The second kappa shape index (κ2) is 13.7. The van der Waals surface area contributed by atoms with E-state index < -0.39 is 0 Å². The van der Waals surface area contributed by atoms with Crippen LogP contribution in [0.25, 0.3) is 0 Å². The molecule has 1 aliphatic heterocycles. The predicted molar refractivity (Wildman–Crippen MR) is 134 cm³/mol. The van der Waals surface area contributed by atoms with E-state index >= 15 is 0 Å². The van der Waals surface area contributed by atoms with Crippen molar-refractivity contribution in [1.29, 1.82) is 0 Å². The van der Waals surface area contributed by atoms with Crippen LogP contribution < -0.4 is 10.2 Å². The maximum Gasteiger partial charge on any atom is 0.330 e. The van der Waals surface area contributed by atoms with Crippen LogP contribution in [-0.4, -0.2) is 45.4 Å². The van der Waals surface area contributed by atoms with Gasteiger partial charge in [0.25, 0.3) is 0 Å². The van der Waals surface area contributed by atoms with Gasteiger partial charge in [0.2, 0.25) is 0 Å². The number of rotatable bonds is 12. The summed E-state index contributed by atoms with van der Waals surface area (Å²) < 4.78 is 10.1. The summed E-state index contributed by atoms with van der Waals surface area (Å²) in [5.41, 5.74) is 5.21. The molecule has 1 N–H and O–H groups in total. The van der Waals surface area contributed by atoms with Crippen molar-refractivity contribution >= 4 is 28.9 Å². The van der Waals surface area contributed by atoms with E-state index in [9.17, 15) is 4.79 Å². The average molecular weight is 467 g/mol. The fourth-order valence-electron chi connectivity index (χ4n) is 3.87. The van der Waals surface area contributed by atoms with Gasteiger partial charge in [-0.05, 0) is 61.6 Å². The van der Waals surface area contributed by atoms with E-state index in [1.165, 1.54) is 28.6 Å². The van der Waals surface area contributed by atoms with Crippen molar-refractivity contribution in [2.45, 2.75) is 25.7 Å². The lowest BCUT2D eigenvalue weighted by Gasteiger charge is -2.27. The number of carbonyl (C=O) groups excluding carboxylic acids is 1. The van der Waals surface area contributed by atoms with Crippen LogP contribution in [0.15, 0.2) is 54.6 Å². The molecule has 0 amide bonds. The van der Waals surface area contributed by atoms with Crippen molar-refractivity contribution in [1.82, 2.24) is 5.32 Å². The van der Waals surface area contributed by atoms with Crippen LogP contribution in [0.1, 0.15) is 24.0 Å². The highest BCUT2D eigenvalue weighted by Crippen LogP contribution is 2.37. The summed E-state index contributed by atoms with van der Waals surface area (Å²) in [7, 11) is 0. The molecule has 0 radical (unpaired) electrons. The Labute approximate surface area is 201 Å². The van der Waals surface area contributed by atoms with Crippen molar-refractivity contribution < 1.29 is 14.3 Å². The first kappa shape index (κ1) is 24.9. The zero-order valence-electron chi connectivity index (χ0n) is 18.9. The van der Waals surface area contributed by atoms with Gasteiger partial charge in [0.15, 0.2) is 0 Å². The largest absolute Gasteiger partial charge is 0.460 e. The Hall–Kier alpha value is -2.78. The molecule has 33 heavy (non-hydrogen) atoms. The van der Waals surface area contributed by atoms with Gasteiger partial charge in [-0.15, -0.1) is 6.42 Å². The first-order chi connectivity index (χ1) is 16.2. The monoisotopic (exact) mass is 466 g/mol. The molecule has 0 aromatic heterocycles. The van der Waals surface area contributed by atoms with Gasteiger partial charge in [-0.2, -0.15) is 0 Å². The number of unbranched alkanes of at least 4 members (excludes halogenated alkanes) is 1. The number of halogens is 1. The van der Waals surface area contributed by atoms with E-state index in [1.54, 1.807) is 6.08 Å². The van der Waals surface area contributed by atoms with Gasteiger partial charge in [0.1, 0.15) is 13.2 Å². The van der Waals surface area contributed by atoms with Crippen LogP contribution in [0.2, 0.25) is 5.02 Å². The molecule has 0 saturated carbocycles. The summed E-state index contributed by atoms with van der Waals surface area (Å²) in [4.78, 5) is 14.0. The third-order valence-electron chi connectivity index (χ3n) is 5.44. The SMILES string of the molecule is C#CCOCCOC(=O)/C=C/CNCCCCN1c2ccccc2CCc2ccc(Cl)cc21. The molecule has 0 bridgehead atoms.